The van der Waals surface area contributed by atoms with Crippen molar-refractivity contribution >= 4 is 5.91 Å². The Balaban J connectivity index is 1.36. The van der Waals surface area contributed by atoms with E-state index in [4.69, 9.17) is 4.74 Å². The van der Waals surface area contributed by atoms with Gasteiger partial charge in [0.1, 0.15) is 12.4 Å². The summed E-state index contributed by atoms with van der Waals surface area (Å²) in [4.78, 5) is 23.5. The Hall–Kier alpha value is -2.99. The van der Waals surface area contributed by atoms with Gasteiger partial charge in [0.25, 0.3) is 0 Å². The highest BCUT2D eigenvalue weighted by molar-refractivity contribution is 5.77. The number of amides is 1. The molecule has 1 saturated heterocycles. The lowest BCUT2D eigenvalue weighted by molar-refractivity contribution is -0.136. The molecule has 28 heavy (non-hydrogen) atoms. The topological polar surface area (TPSA) is 60.2 Å². The average molecular weight is 376 g/mol. The molecule has 3 aromatic rings. The molecule has 1 fully saturated rings. The Bertz CT molecular complexity index is 895. The second-order valence-electron chi connectivity index (χ2n) is 6.98. The number of aromatic nitrogens is 3. The van der Waals surface area contributed by atoms with Crippen LogP contribution in [-0.4, -0.2) is 44.5 Å². The zero-order valence-corrected chi connectivity index (χ0v) is 15.8. The van der Waals surface area contributed by atoms with Gasteiger partial charge in [-0.1, -0.05) is 36.4 Å². The maximum Gasteiger partial charge on any atom is 0.242 e. The standard InChI is InChI=1S/C22H24N4O2/c27-21(16-26-14-12-24-22(26)18-7-2-1-3-8-18)25-13-6-10-20(15-25)28-17-19-9-4-5-11-23-19/h1-5,7-9,11-12,14,20H,6,10,13,15-17H2/t20-/m1/s1. The quantitative estimate of drug-likeness (QED) is 0.663. The highest BCUT2D eigenvalue weighted by Gasteiger charge is 2.25. The number of benzene rings is 1. The van der Waals surface area contributed by atoms with Gasteiger partial charge in [0.05, 0.1) is 18.4 Å². The molecule has 0 aliphatic carbocycles. The molecule has 6 heteroatoms. The lowest BCUT2D eigenvalue weighted by atomic mass is 10.1. The van der Waals surface area contributed by atoms with Gasteiger partial charge in [0, 0.05) is 37.2 Å². The molecule has 0 unspecified atom stereocenters. The fraction of sp³-hybridized carbons (Fsp3) is 0.318. The molecule has 0 saturated carbocycles. The monoisotopic (exact) mass is 376 g/mol. The second kappa shape index (κ2) is 8.80. The molecule has 4 rings (SSSR count). The van der Waals surface area contributed by atoms with E-state index in [0.717, 1.165) is 36.5 Å². The number of carbonyl (C=O) groups excluding carboxylic acids is 1. The number of rotatable bonds is 6. The van der Waals surface area contributed by atoms with E-state index in [1.807, 2.05) is 64.2 Å². The van der Waals surface area contributed by atoms with Gasteiger partial charge in [-0.15, -0.1) is 0 Å². The fourth-order valence-electron chi connectivity index (χ4n) is 3.52. The smallest absolute Gasteiger partial charge is 0.242 e. The van der Waals surface area contributed by atoms with Crippen molar-refractivity contribution in [1.29, 1.82) is 0 Å². The molecule has 1 aromatic carbocycles. The summed E-state index contributed by atoms with van der Waals surface area (Å²) in [6, 6.07) is 15.7. The highest BCUT2D eigenvalue weighted by atomic mass is 16.5. The largest absolute Gasteiger partial charge is 0.370 e. The highest BCUT2D eigenvalue weighted by Crippen LogP contribution is 2.19. The third-order valence-electron chi connectivity index (χ3n) is 4.98. The summed E-state index contributed by atoms with van der Waals surface area (Å²) >= 11 is 0. The predicted octanol–water partition coefficient (Wildman–Crippen LogP) is 3.15. The van der Waals surface area contributed by atoms with Crippen LogP contribution in [0.4, 0.5) is 0 Å². The van der Waals surface area contributed by atoms with Crippen LogP contribution in [0.2, 0.25) is 0 Å². The minimum absolute atomic E-state index is 0.0519. The van der Waals surface area contributed by atoms with Gasteiger partial charge in [0.2, 0.25) is 5.91 Å². The summed E-state index contributed by atoms with van der Waals surface area (Å²) in [7, 11) is 0. The first-order valence-electron chi connectivity index (χ1n) is 9.65. The predicted molar refractivity (Wildman–Crippen MR) is 106 cm³/mol. The number of pyridine rings is 1. The third-order valence-corrected chi connectivity index (χ3v) is 4.98. The maximum absolute atomic E-state index is 12.9. The number of nitrogens with zero attached hydrogens (tertiary/aromatic N) is 4. The van der Waals surface area contributed by atoms with E-state index in [-0.39, 0.29) is 18.6 Å². The normalized spacial score (nSPS) is 16.9. The summed E-state index contributed by atoms with van der Waals surface area (Å²) in [5.41, 5.74) is 1.92. The van der Waals surface area contributed by atoms with Crippen LogP contribution < -0.4 is 0 Å². The van der Waals surface area contributed by atoms with E-state index < -0.39 is 0 Å². The molecule has 1 aliphatic heterocycles. The summed E-state index contributed by atoms with van der Waals surface area (Å²) in [6.45, 7) is 2.17. The van der Waals surface area contributed by atoms with Gasteiger partial charge in [-0.05, 0) is 25.0 Å². The lowest BCUT2D eigenvalue weighted by Gasteiger charge is -2.33. The number of carbonyl (C=O) groups is 1. The summed E-state index contributed by atoms with van der Waals surface area (Å²) in [5, 5.41) is 0. The molecule has 1 amide bonds. The van der Waals surface area contributed by atoms with Crippen molar-refractivity contribution < 1.29 is 9.53 Å². The van der Waals surface area contributed by atoms with E-state index in [9.17, 15) is 4.79 Å². The zero-order chi connectivity index (χ0) is 19.2. The number of imidazole rings is 1. The van der Waals surface area contributed by atoms with Crippen molar-refractivity contribution in [2.45, 2.75) is 32.1 Å². The molecular weight excluding hydrogens is 352 g/mol. The van der Waals surface area contributed by atoms with Crippen LogP contribution in [0, 0.1) is 0 Å². The minimum atomic E-state index is 0.0519. The maximum atomic E-state index is 12.9. The van der Waals surface area contributed by atoms with Crippen LogP contribution in [0.1, 0.15) is 18.5 Å². The molecule has 2 aromatic heterocycles. The summed E-state index contributed by atoms with van der Waals surface area (Å²) in [6.07, 6.45) is 7.34. The van der Waals surface area contributed by atoms with Crippen molar-refractivity contribution in [2.75, 3.05) is 13.1 Å². The van der Waals surface area contributed by atoms with Gasteiger partial charge >= 0.3 is 0 Å². The van der Waals surface area contributed by atoms with Gasteiger partial charge in [0.15, 0.2) is 0 Å². The molecule has 6 nitrogen and oxygen atoms in total. The van der Waals surface area contributed by atoms with E-state index in [2.05, 4.69) is 9.97 Å². The van der Waals surface area contributed by atoms with Gasteiger partial charge < -0.3 is 14.2 Å². The summed E-state index contributed by atoms with van der Waals surface area (Å²) in [5.74, 6) is 0.912. The molecule has 0 N–H and O–H groups in total. The first-order chi connectivity index (χ1) is 13.8. The Kier molecular flexibility index (Phi) is 5.77. The molecule has 0 bridgehead atoms. The van der Waals surface area contributed by atoms with Gasteiger partial charge in [-0.2, -0.15) is 0 Å². The molecular formula is C22H24N4O2. The van der Waals surface area contributed by atoms with E-state index in [1.54, 1.807) is 12.4 Å². The van der Waals surface area contributed by atoms with Crippen LogP contribution in [0.15, 0.2) is 67.1 Å². The van der Waals surface area contributed by atoms with Crippen molar-refractivity contribution in [3.05, 3.63) is 72.8 Å². The zero-order valence-electron chi connectivity index (χ0n) is 15.8. The molecule has 1 atom stereocenters. The Morgan fingerprint density at radius 1 is 1.07 bits per heavy atom. The van der Waals surface area contributed by atoms with Crippen LogP contribution in [0.3, 0.4) is 0 Å². The van der Waals surface area contributed by atoms with Crippen molar-refractivity contribution in [3.8, 4) is 11.4 Å². The van der Waals surface area contributed by atoms with Gasteiger partial charge in [-0.25, -0.2) is 4.98 Å². The van der Waals surface area contributed by atoms with Crippen molar-refractivity contribution in [1.82, 2.24) is 19.4 Å². The van der Waals surface area contributed by atoms with E-state index in [1.165, 1.54) is 0 Å². The number of likely N-dealkylation sites (tertiary alicyclic amines) is 1. The number of hydrogen-bond acceptors (Lipinski definition) is 4. The van der Waals surface area contributed by atoms with Crippen LogP contribution >= 0.6 is 0 Å². The van der Waals surface area contributed by atoms with E-state index in [0.29, 0.717) is 13.2 Å². The van der Waals surface area contributed by atoms with Crippen LogP contribution in [-0.2, 0) is 22.7 Å². The number of hydrogen-bond donors (Lipinski definition) is 0. The molecule has 144 valence electrons. The Morgan fingerprint density at radius 2 is 1.93 bits per heavy atom. The SMILES string of the molecule is O=C(Cn1ccnc1-c1ccccc1)N1CCC[C@@H](OCc2ccccn2)C1. The molecule has 3 heterocycles. The fourth-order valence-corrected chi connectivity index (χ4v) is 3.52. The first-order valence-corrected chi connectivity index (χ1v) is 9.65. The van der Waals surface area contributed by atoms with Gasteiger partial charge in [-0.3, -0.25) is 9.78 Å². The Morgan fingerprint density at radius 3 is 2.75 bits per heavy atom. The third kappa shape index (κ3) is 4.46. The first kappa shape index (κ1) is 18.4. The van der Waals surface area contributed by atoms with Crippen LogP contribution in [0.5, 0.6) is 0 Å². The second-order valence-corrected chi connectivity index (χ2v) is 6.98. The van der Waals surface area contributed by atoms with E-state index >= 15 is 0 Å². The minimum Gasteiger partial charge on any atom is -0.370 e. The number of piperidine rings is 1. The van der Waals surface area contributed by atoms with Crippen molar-refractivity contribution in [3.63, 3.8) is 0 Å². The molecule has 1 aliphatic rings. The number of ether oxygens (including phenoxy) is 1. The van der Waals surface area contributed by atoms with Crippen molar-refractivity contribution in [2.24, 2.45) is 0 Å². The summed E-state index contributed by atoms with van der Waals surface area (Å²) < 4.78 is 7.91. The average Bonchev–Trinajstić information content (AvgIpc) is 3.22. The molecule has 0 spiro atoms. The lowest BCUT2D eigenvalue weighted by Crippen LogP contribution is -2.44. The molecule has 0 radical (unpaired) electrons. The Labute approximate surface area is 164 Å². The van der Waals surface area contributed by atoms with Crippen LogP contribution in [0.25, 0.3) is 11.4 Å².